The summed E-state index contributed by atoms with van der Waals surface area (Å²) in [5.74, 6) is 0. The lowest BCUT2D eigenvalue weighted by Crippen LogP contribution is -2.49. The minimum absolute atomic E-state index is 0.743. The Morgan fingerprint density at radius 1 is 0.513 bits per heavy atom. The van der Waals surface area contributed by atoms with Gasteiger partial charge in [0.1, 0.15) is 0 Å². The van der Waals surface area contributed by atoms with Crippen LogP contribution in [0.5, 0.6) is 0 Å². The van der Waals surface area contributed by atoms with Crippen molar-refractivity contribution < 1.29 is 9.76 Å². The molecule has 0 unspecified atom stereocenters. The Balaban J connectivity index is 1.65. The quantitative estimate of drug-likeness (QED) is 0.182. The number of aliphatic hydroxyl groups is 1. The van der Waals surface area contributed by atoms with Crippen LogP contribution in [0.25, 0.3) is 54.6 Å². The smallest absolute Gasteiger partial charge is 0.330 e. The normalized spacial score (nSPS) is 12.3. The van der Waals surface area contributed by atoms with Gasteiger partial charge in [-0.2, -0.15) is 0 Å². The molecule has 0 fully saturated rings. The average Bonchev–Trinajstić information content (AvgIpc) is 2.95. The minimum Gasteiger partial charge on any atom is -0.427 e. The molecule has 0 amide bonds. The standard InChI is InChI=1S/C36H32BO2/c1-35(2,38)36(3,4)39-37-26-19-20-29-31(25-15-9-6-10-16-25)22-33-28-18-12-11-17-27(28)30(23-34(33)32(29)21-26)24-13-7-5-8-14-24/h5-23,38H,1-4H3. The third kappa shape index (κ3) is 4.63. The molecule has 1 radical (unpaired) electrons. The molecule has 6 aromatic rings. The first-order valence-electron chi connectivity index (χ1n) is 13.5. The van der Waals surface area contributed by atoms with Crippen molar-refractivity contribution in [3.63, 3.8) is 0 Å². The first-order chi connectivity index (χ1) is 18.7. The predicted molar refractivity (Wildman–Crippen MR) is 167 cm³/mol. The molecule has 0 atom stereocenters. The number of hydrogen-bond donors (Lipinski definition) is 1. The van der Waals surface area contributed by atoms with E-state index in [-0.39, 0.29) is 0 Å². The fourth-order valence-electron chi connectivity index (χ4n) is 5.16. The van der Waals surface area contributed by atoms with Crippen LogP contribution in [0.2, 0.25) is 0 Å². The third-order valence-corrected chi connectivity index (χ3v) is 8.13. The molecule has 3 heteroatoms. The summed E-state index contributed by atoms with van der Waals surface area (Å²) in [5, 5.41) is 17.9. The first-order valence-corrected chi connectivity index (χ1v) is 13.5. The summed E-state index contributed by atoms with van der Waals surface area (Å²) in [6.07, 6.45) is 0. The van der Waals surface area contributed by atoms with Crippen LogP contribution < -0.4 is 5.46 Å². The van der Waals surface area contributed by atoms with Gasteiger partial charge in [0.05, 0.1) is 11.2 Å². The van der Waals surface area contributed by atoms with E-state index in [4.69, 9.17) is 4.65 Å². The van der Waals surface area contributed by atoms with E-state index in [1.54, 1.807) is 21.3 Å². The molecule has 0 saturated carbocycles. The van der Waals surface area contributed by atoms with E-state index in [1.165, 1.54) is 54.6 Å². The van der Waals surface area contributed by atoms with E-state index in [0.29, 0.717) is 0 Å². The lowest BCUT2D eigenvalue weighted by atomic mass is 9.80. The van der Waals surface area contributed by atoms with Gasteiger partial charge < -0.3 is 9.76 Å². The van der Waals surface area contributed by atoms with Crippen LogP contribution in [-0.4, -0.2) is 23.8 Å². The number of rotatable bonds is 6. The lowest BCUT2D eigenvalue weighted by molar-refractivity contribution is -0.0893. The van der Waals surface area contributed by atoms with Gasteiger partial charge in [-0.25, -0.2) is 0 Å². The van der Waals surface area contributed by atoms with E-state index >= 15 is 0 Å². The van der Waals surface area contributed by atoms with Crippen molar-refractivity contribution in [2.75, 3.05) is 0 Å². The molecule has 0 aliphatic heterocycles. The topological polar surface area (TPSA) is 29.5 Å². The molecule has 0 aromatic heterocycles. The number of benzene rings is 6. The Morgan fingerprint density at radius 2 is 0.974 bits per heavy atom. The van der Waals surface area contributed by atoms with Gasteiger partial charge in [0.15, 0.2) is 0 Å². The summed E-state index contributed by atoms with van der Waals surface area (Å²) in [6, 6.07) is 41.1. The molecular weight excluding hydrogens is 475 g/mol. The molecule has 0 aliphatic rings. The third-order valence-electron chi connectivity index (χ3n) is 8.13. The van der Waals surface area contributed by atoms with Crippen LogP contribution in [0.1, 0.15) is 27.7 Å². The van der Waals surface area contributed by atoms with Gasteiger partial charge in [-0.1, -0.05) is 109 Å². The second kappa shape index (κ2) is 9.68. The molecule has 6 rings (SSSR count). The molecule has 1 N–H and O–H groups in total. The molecule has 6 aromatic carbocycles. The number of fused-ring (bicyclic) bond motifs is 5. The second-order valence-electron chi connectivity index (χ2n) is 11.3. The highest BCUT2D eigenvalue weighted by Gasteiger charge is 2.35. The van der Waals surface area contributed by atoms with Crippen LogP contribution in [0.4, 0.5) is 0 Å². The highest BCUT2D eigenvalue weighted by atomic mass is 16.5. The minimum atomic E-state index is -0.989. The van der Waals surface area contributed by atoms with E-state index in [9.17, 15) is 5.11 Å². The fraction of sp³-hybridized carbons (Fsp3) is 0.167. The van der Waals surface area contributed by atoms with E-state index in [1.807, 2.05) is 13.8 Å². The highest BCUT2D eigenvalue weighted by molar-refractivity contribution is 6.48. The van der Waals surface area contributed by atoms with E-state index in [2.05, 4.69) is 115 Å². The van der Waals surface area contributed by atoms with E-state index < -0.39 is 11.2 Å². The maximum Gasteiger partial charge on any atom is 0.330 e. The summed E-state index contributed by atoms with van der Waals surface area (Å²) >= 11 is 0. The Kier molecular flexibility index (Phi) is 6.30. The molecule has 191 valence electrons. The van der Waals surface area contributed by atoms with Crippen molar-refractivity contribution in [3.8, 4) is 22.3 Å². The van der Waals surface area contributed by atoms with Crippen molar-refractivity contribution in [3.05, 3.63) is 115 Å². The van der Waals surface area contributed by atoms with E-state index in [0.717, 1.165) is 5.46 Å². The van der Waals surface area contributed by atoms with Gasteiger partial charge >= 0.3 is 7.48 Å². The molecule has 0 aliphatic carbocycles. The SMILES string of the molecule is CC(C)(O)C(C)(C)O[B]c1ccc2c(-c3ccccc3)cc3c4ccccc4c(-c4ccccc4)cc3c2c1. The first kappa shape index (κ1) is 25.4. The van der Waals surface area contributed by atoms with Gasteiger partial charge in [-0.05, 0) is 94.4 Å². The molecule has 0 heterocycles. The maximum atomic E-state index is 10.6. The van der Waals surface area contributed by atoms with Crippen molar-refractivity contribution in [1.29, 1.82) is 0 Å². The molecule has 0 bridgehead atoms. The van der Waals surface area contributed by atoms with Gasteiger partial charge in [0, 0.05) is 0 Å². The van der Waals surface area contributed by atoms with Crippen molar-refractivity contribution in [2.24, 2.45) is 0 Å². The molecule has 39 heavy (non-hydrogen) atoms. The van der Waals surface area contributed by atoms with Gasteiger partial charge in [-0.15, -0.1) is 0 Å². The van der Waals surface area contributed by atoms with Crippen LogP contribution in [0.3, 0.4) is 0 Å². The molecule has 0 spiro atoms. The number of hydrogen-bond acceptors (Lipinski definition) is 2. The van der Waals surface area contributed by atoms with Crippen molar-refractivity contribution >= 4 is 45.3 Å². The summed E-state index contributed by atoms with van der Waals surface area (Å²) in [4.78, 5) is 0. The largest absolute Gasteiger partial charge is 0.427 e. The Morgan fingerprint density at radius 3 is 1.54 bits per heavy atom. The Labute approximate surface area is 231 Å². The van der Waals surface area contributed by atoms with Crippen LogP contribution in [0, 0.1) is 0 Å². The molecule has 0 saturated heterocycles. The van der Waals surface area contributed by atoms with Crippen LogP contribution >= 0.6 is 0 Å². The van der Waals surface area contributed by atoms with Crippen LogP contribution in [-0.2, 0) is 4.65 Å². The predicted octanol–water partition coefficient (Wildman–Crippen LogP) is 8.29. The fourth-order valence-corrected chi connectivity index (χ4v) is 5.16. The van der Waals surface area contributed by atoms with Gasteiger partial charge in [0.25, 0.3) is 0 Å². The maximum absolute atomic E-state index is 10.6. The Hall–Kier alpha value is -3.92. The zero-order valence-electron chi connectivity index (χ0n) is 22.9. The highest BCUT2D eigenvalue weighted by Crippen LogP contribution is 2.41. The van der Waals surface area contributed by atoms with Crippen molar-refractivity contribution in [2.45, 2.75) is 38.9 Å². The lowest BCUT2D eigenvalue weighted by Gasteiger charge is -2.37. The summed E-state index contributed by atoms with van der Waals surface area (Å²) in [5.41, 5.74) is 4.05. The Bertz CT molecular complexity index is 1800. The van der Waals surface area contributed by atoms with Crippen LogP contribution in [0.15, 0.2) is 115 Å². The summed E-state index contributed by atoms with van der Waals surface area (Å²) in [7, 11) is 1.78. The summed E-state index contributed by atoms with van der Waals surface area (Å²) in [6.45, 7) is 7.37. The summed E-state index contributed by atoms with van der Waals surface area (Å²) < 4.78 is 6.14. The van der Waals surface area contributed by atoms with Crippen molar-refractivity contribution in [1.82, 2.24) is 0 Å². The average molecular weight is 507 g/mol. The zero-order valence-corrected chi connectivity index (χ0v) is 22.9. The molecule has 2 nitrogen and oxygen atoms in total. The van der Waals surface area contributed by atoms with Gasteiger partial charge in [0.2, 0.25) is 0 Å². The second-order valence-corrected chi connectivity index (χ2v) is 11.3. The zero-order chi connectivity index (χ0) is 27.2. The molecular formula is C36H32BO2. The van der Waals surface area contributed by atoms with Gasteiger partial charge in [-0.3, -0.25) is 0 Å². The monoisotopic (exact) mass is 507 g/mol.